The summed E-state index contributed by atoms with van der Waals surface area (Å²) in [5.41, 5.74) is 10.6. The number of nitrogens with two attached hydrogens (primary N) is 1. The van der Waals surface area contributed by atoms with Crippen molar-refractivity contribution in [1.29, 1.82) is 0 Å². The number of rotatable bonds is 5. The minimum Gasteiger partial charge on any atom is -0.454 e. The first-order valence-corrected chi connectivity index (χ1v) is 9.31. The molecule has 0 unspecified atom stereocenters. The van der Waals surface area contributed by atoms with Crippen LogP contribution in [0.5, 0.6) is 11.5 Å². The van der Waals surface area contributed by atoms with E-state index in [1.165, 1.54) is 4.68 Å². The fraction of sp³-hybridized carbons (Fsp3) is 0.105. The van der Waals surface area contributed by atoms with Gasteiger partial charge in [-0.1, -0.05) is 5.21 Å². The fourth-order valence-corrected chi connectivity index (χ4v) is 3.07. The van der Waals surface area contributed by atoms with Gasteiger partial charge in [-0.25, -0.2) is 10.1 Å². The summed E-state index contributed by atoms with van der Waals surface area (Å²) in [6, 6.07) is 8.70. The maximum absolute atomic E-state index is 13.0. The minimum absolute atomic E-state index is 0.0162. The van der Waals surface area contributed by atoms with Gasteiger partial charge < -0.3 is 15.2 Å². The number of anilines is 1. The van der Waals surface area contributed by atoms with Crippen LogP contribution in [0.25, 0.3) is 17.1 Å². The third-order valence-corrected chi connectivity index (χ3v) is 4.65. The third kappa shape index (κ3) is 3.36. The van der Waals surface area contributed by atoms with E-state index in [0.29, 0.717) is 28.5 Å². The highest BCUT2D eigenvalue weighted by atomic mass is 16.7. The highest BCUT2D eigenvalue weighted by Crippen LogP contribution is 2.37. The number of aromatic nitrogens is 6. The number of nitrogen functional groups attached to an aromatic ring is 1. The number of carbonyl (C=O) groups excluding carboxylic acids is 1. The molecule has 4 aromatic rings. The van der Waals surface area contributed by atoms with Crippen molar-refractivity contribution < 1.29 is 18.9 Å². The van der Waals surface area contributed by atoms with E-state index < -0.39 is 5.91 Å². The molecule has 0 saturated heterocycles. The quantitative estimate of drug-likeness (QED) is 0.344. The van der Waals surface area contributed by atoms with Crippen molar-refractivity contribution in [3.05, 3.63) is 54.0 Å². The van der Waals surface area contributed by atoms with E-state index in [4.69, 9.17) is 15.2 Å². The maximum Gasteiger partial charge on any atom is 0.294 e. The van der Waals surface area contributed by atoms with Crippen LogP contribution < -0.4 is 20.6 Å². The molecule has 0 spiro atoms. The van der Waals surface area contributed by atoms with Crippen LogP contribution in [-0.2, 0) is 0 Å². The van der Waals surface area contributed by atoms with Gasteiger partial charge in [-0.05, 0) is 47.6 Å². The van der Waals surface area contributed by atoms with Gasteiger partial charge in [0, 0.05) is 23.5 Å². The normalized spacial score (nSPS) is 12.7. The highest BCUT2D eigenvalue weighted by molar-refractivity contribution is 6.02. The average molecular weight is 433 g/mol. The lowest BCUT2D eigenvalue weighted by atomic mass is 10.1. The Hall–Kier alpha value is -4.81. The molecule has 32 heavy (non-hydrogen) atoms. The number of benzene rings is 1. The van der Waals surface area contributed by atoms with E-state index in [9.17, 15) is 4.79 Å². The number of ether oxygens (including phenoxy) is 2. The fourth-order valence-electron chi connectivity index (χ4n) is 3.07. The van der Waals surface area contributed by atoms with E-state index in [2.05, 4.69) is 40.8 Å². The first-order chi connectivity index (χ1) is 15.6. The Bertz CT molecular complexity index is 1330. The largest absolute Gasteiger partial charge is 0.454 e. The predicted molar refractivity (Wildman–Crippen MR) is 109 cm³/mol. The standard InChI is InChI=1S/C19H15N9O4/c1-10(11-4-6-21-7-5-11)22-24-19(29)15-16(12-2-3-13-14(8-12)31-9-30-13)28(27-23-15)18-17(20)25-32-26-18/h2-8H,9H2,1H3,(H2,20,25)(H,24,29)/b22-10-. The lowest BCUT2D eigenvalue weighted by Gasteiger charge is -2.07. The maximum atomic E-state index is 13.0. The van der Waals surface area contributed by atoms with E-state index in [1.54, 1.807) is 49.6 Å². The van der Waals surface area contributed by atoms with Gasteiger partial charge >= 0.3 is 0 Å². The van der Waals surface area contributed by atoms with Crippen molar-refractivity contribution in [1.82, 2.24) is 35.7 Å². The number of hydrogen-bond donors (Lipinski definition) is 2. The van der Waals surface area contributed by atoms with Gasteiger partial charge in [0.15, 0.2) is 17.2 Å². The van der Waals surface area contributed by atoms with Crippen molar-refractivity contribution in [2.45, 2.75) is 6.92 Å². The topological polar surface area (TPSA) is 168 Å². The molecule has 0 saturated carbocycles. The van der Waals surface area contributed by atoms with Gasteiger partial charge in [-0.3, -0.25) is 9.78 Å². The monoisotopic (exact) mass is 433 g/mol. The zero-order valence-electron chi connectivity index (χ0n) is 16.6. The Balaban J connectivity index is 1.55. The number of nitrogens with one attached hydrogen (secondary N) is 1. The molecule has 0 radical (unpaired) electrons. The van der Waals surface area contributed by atoms with Crippen LogP contribution in [0.4, 0.5) is 5.82 Å². The lowest BCUT2D eigenvalue weighted by molar-refractivity contribution is 0.0950. The molecule has 13 heteroatoms. The van der Waals surface area contributed by atoms with Crippen LogP contribution in [0.3, 0.4) is 0 Å². The molecule has 0 atom stereocenters. The van der Waals surface area contributed by atoms with Crippen molar-refractivity contribution in [2.75, 3.05) is 12.5 Å². The second-order valence-corrected chi connectivity index (χ2v) is 6.61. The van der Waals surface area contributed by atoms with Gasteiger partial charge in [0.1, 0.15) is 5.69 Å². The van der Waals surface area contributed by atoms with Crippen LogP contribution in [0.15, 0.2) is 52.5 Å². The Morgan fingerprint density at radius 2 is 1.97 bits per heavy atom. The number of pyridine rings is 1. The highest BCUT2D eigenvalue weighted by Gasteiger charge is 2.26. The Morgan fingerprint density at radius 3 is 2.75 bits per heavy atom. The zero-order valence-corrected chi connectivity index (χ0v) is 16.6. The molecule has 1 aliphatic rings. The number of hydrogen-bond acceptors (Lipinski definition) is 11. The van der Waals surface area contributed by atoms with Crippen LogP contribution in [0, 0.1) is 0 Å². The third-order valence-electron chi connectivity index (χ3n) is 4.65. The Kier molecular flexibility index (Phi) is 4.67. The second-order valence-electron chi connectivity index (χ2n) is 6.61. The van der Waals surface area contributed by atoms with Crippen molar-refractivity contribution >= 4 is 17.4 Å². The van der Waals surface area contributed by atoms with Gasteiger partial charge in [0.25, 0.3) is 5.91 Å². The molecule has 0 fully saturated rings. The molecular formula is C19H15N9O4. The first kappa shape index (κ1) is 19.2. The molecule has 160 valence electrons. The molecule has 5 rings (SSSR count). The van der Waals surface area contributed by atoms with E-state index in [1.807, 2.05) is 0 Å². The van der Waals surface area contributed by atoms with Crippen LogP contribution in [0.2, 0.25) is 0 Å². The molecule has 1 aromatic carbocycles. The SMILES string of the molecule is C/C(=N/NC(=O)c1nnn(-c2nonc2N)c1-c1ccc2c(c1)OCO2)c1ccncc1. The van der Waals surface area contributed by atoms with Crippen molar-refractivity contribution in [2.24, 2.45) is 5.10 Å². The first-order valence-electron chi connectivity index (χ1n) is 9.31. The molecule has 4 heterocycles. The van der Waals surface area contributed by atoms with Crippen molar-refractivity contribution in [3.63, 3.8) is 0 Å². The number of fused-ring (bicyclic) bond motifs is 1. The number of nitrogens with zero attached hydrogens (tertiary/aromatic N) is 7. The Morgan fingerprint density at radius 1 is 1.16 bits per heavy atom. The average Bonchev–Trinajstić information content (AvgIpc) is 3.56. The van der Waals surface area contributed by atoms with Crippen molar-refractivity contribution in [3.8, 4) is 28.6 Å². The molecular weight excluding hydrogens is 418 g/mol. The lowest BCUT2D eigenvalue weighted by Crippen LogP contribution is -2.21. The summed E-state index contributed by atoms with van der Waals surface area (Å²) in [6.07, 6.45) is 3.27. The number of carbonyl (C=O) groups is 1. The summed E-state index contributed by atoms with van der Waals surface area (Å²) in [5, 5.41) is 19.5. The van der Waals surface area contributed by atoms with Gasteiger partial charge in [0.05, 0.1) is 5.71 Å². The van der Waals surface area contributed by atoms with E-state index in [-0.39, 0.29) is 24.1 Å². The minimum atomic E-state index is -0.590. The zero-order chi connectivity index (χ0) is 22.1. The van der Waals surface area contributed by atoms with E-state index in [0.717, 1.165) is 5.56 Å². The smallest absolute Gasteiger partial charge is 0.294 e. The molecule has 3 aromatic heterocycles. The van der Waals surface area contributed by atoms with E-state index >= 15 is 0 Å². The summed E-state index contributed by atoms with van der Waals surface area (Å²) in [4.78, 5) is 16.9. The molecule has 1 amide bonds. The number of hydrazone groups is 1. The summed E-state index contributed by atoms with van der Waals surface area (Å²) >= 11 is 0. The second kappa shape index (κ2) is 7.79. The van der Waals surface area contributed by atoms with Gasteiger partial charge in [-0.15, -0.1) is 5.10 Å². The molecule has 1 aliphatic heterocycles. The summed E-state index contributed by atoms with van der Waals surface area (Å²) in [7, 11) is 0. The molecule has 3 N–H and O–H groups in total. The Labute approximate surface area is 179 Å². The van der Waals surface area contributed by atoms with Gasteiger partial charge in [0.2, 0.25) is 18.4 Å². The summed E-state index contributed by atoms with van der Waals surface area (Å²) in [5.74, 6) is 0.571. The summed E-state index contributed by atoms with van der Waals surface area (Å²) in [6.45, 7) is 1.86. The van der Waals surface area contributed by atoms with Gasteiger partial charge in [-0.2, -0.15) is 9.78 Å². The molecule has 0 aliphatic carbocycles. The molecule has 13 nitrogen and oxygen atoms in total. The predicted octanol–water partition coefficient (Wildman–Crippen LogP) is 1.18. The summed E-state index contributed by atoms with van der Waals surface area (Å²) < 4.78 is 16.7. The van der Waals surface area contributed by atoms with Crippen LogP contribution in [0.1, 0.15) is 23.0 Å². The van der Waals surface area contributed by atoms with Crippen LogP contribution >= 0.6 is 0 Å². The number of amides is 1. The van der Waals surface area contributed by atoms with Crippen LogP contribution in [-0.4, -0.2) is 48.7 Å². The molecule has 0 bridgehead atoms.